The summed E-state index contributed by atoms with van der Waals surface area (Å²) in [6.45, 7) is 5.25. The van der Waals surface area contributed by atoms with Crippen LogP contribution in [0, 0.1) is 19.7 Å². The molecule has 2 aliphatic heterocycles. The maximum Gasteiger partial charge on any atom is 0.419 e. The Labute approximate surface area is 223 Å². The lowest BCUT2D eigenvalue weighted by molar-refractivity contribution is -0.140. The molecule has 3 aromatic rings. The summed E-state index contributed by atoms with van der Waals surface area (Å²) in [6.07, 6.45) is 0.507. The Kier molecular flexibility index (Phi) is 7.08. The molecule has 1 aromatic heterocycles. The number of anilines is 2. The lowest BCUT2D eigenvalue weighted by Gasteiger charge is -2.20. The van der Waals surface area contributed by atoms with Crippen LogP contribution in [0.25, 0.3) is 5.70 Å². The molecule has 1 fully saturated rings. The zero-order chi connectivity index (χ0) is 27.9. The van der Waals surface area contributed by atoms with Crippen molar-refractivity contribution in [1.29, 1.82) is 0 Å². The lowest BCUT2D eigenvalue weighted by Crippen LogP contribution is -2.36. The minimum atomic E-state index is -4.90. The number of halogens is 4. The number of nitrogens with one attached hydrogen (secondary N) is 3. The van der Waals surface area contributed by atoms with Crippen molar-refractivity contribution in [1.82, 2.24) is 25.6 Å². The molecule has 1 amide bonds. The number of alkyl halides is 3. The summed E-state index contributed by atoms with van der Waals surface area (Å²) in [6, 6.07) is 6.90. The number of rotatable bonds is 6. The molecule has 5 rings (SSSR count). The Hall–Kier alpha value is -3.90. The highest BCUT2D eigenvalue weighted by atomic mass is 19.4. The lowest BCUT2D eigenvalue weighted by atomic mass is 10.1. The highest BCUT2D eigenvalue weighted by Gasteiger charge is 2.36. The normalized spacial score (nSPS) is 16.0. The second-order valence-electron chi connectivity index (χ2n) is 9.85. The van der Waals surface area contributed by atoms with Gasteiger partial charge in [0.05, 0.1) is 23.1 Å². The zero-order valence-corrected chi connectivity index (χ0v) is 21.8. The van der Waals surface area contributed by atoms with Crippen molar-refractivity contribution < 1.29 is 22.4 Å². The molecular weight excluding hydrogens is 514 g/mol. The van der Waals surface area contributed by atoms with Crippen molar-refractivity contribution in [2.24, 2.45) is 7.05 Å². The first-order valence-corrected chi connectivity index (χ1v) is 12.6. The van der Waals surface area contributed by atoms with E-state index in [1.165, 1.54) is 6.07 Å². The summed E-state index contributed by atoms with van der Waals surface area (Å²) >= 11 is 0. The third kappa shape index (κ3) is 5.48. The predicted molar refractivity (Wildman–Crippen MR) is 140 cm³/mol. The summed E-state index contributed by atoms with van der Waals surface area (Å²) < 4.78 is 57.5. The predicted octanol–water partition coefficient (Wildman–Crippen LogP) is 4.87. The minimum absolute atomic E-state index is 0.0476. The molecule has 2 aliphatic rings. The van der Waals surface area contributed by atoms with Crippen LogP contribution in [-0.2, 0) is 19.8 Å². The van der Waals surface area contributed by atoms with Gasteiger partial charge in [0.15, 0.2) is 0 Å². The van der Waals surface area contributed by atoms with Crippen molar-refractivity contribution in [2.75, 3.05) is 23.4 Å². The quantitative estimate of drug-likeness (QED) is 0.385. The number of hydrogen-bond donors (Lipinski definition) is 3. The topological polar surface area (TPSA) is 77.5 Å². The van der Waals surface area contributed by atoms with Crippen LogP contribution in [0.15, 0.2) is 42.7 Å². The monoisotopic (exact) mass is 543 g/mol. The highest BCUT2D eigenvalue weighted by Crippen LogP contribution is 2.36. The molecule has 0 aliphatic carbocycles. The Bertz CT molecular complexity index is 1440. The van der Waals surface area contributed by atoms with Crippen LogP contribution >= 0.6 is 0 Å². The number of aromatic nitrogens is 2. The van der Waals surface area contributed by atoms with E-state index >= 15 is 0 Å². The van der Waals surface area contributed by atoms with Gasteiger partial charge in [-0.05, 0) is 69.6 Å². The van der Waals surface area contributed by atoms with Crippen molar-refractivity contribution in [3.05, 3.63) is 82.1 Å². The molecular formula is C27H29F4N7O. The first kappa shape index (κ1) is 26.7. The molecule has 0 unspecified atom stereocenters. The molecule has 0 spiro atoms. The number of carbonyl (C=O) groups is 1. The molecule has 0 bridgehead atoms. The second-order valence-corrected chi connectivity index (χ2v) is 9.85. The SMILES string of the molecule is Cc1ccc(C(=O)Nc2cc(CN3CCCC3)c(F)c(C(F)(F)F)c2)cc1N1C=C(c2cnn(C)c2C)NN1. The van der Waals surface area contributed by atoms with E-state index in [-0.39, 0.29) is 23.4 Å². The summed E-state index contributed by atoms with van der Waals surface area (Å²) in [4.78, 5) is 15.1. The largest absolute Gasteiger partial charge is 0.419 e. The second kappa shape index (κ2) is 10.3. The number of carbonyl (C=O) groups excluding carboxylic acids is 1. The van der Waals surface area contributed by atoms with Crippen LogP contribution in [0.4, 0.5) is 28.9 Å². The minimum Gasteiger partial charge on any atom is -0.322 e. The van der Waals surface area contributed by atoms with E-state index in [9.17, 15) is 22.4 Å². The number of benzene rings is 2. The van der Waals surface area contributed by atoms with Gasteiger partial charge >= 0.3 is 6.18 Å². The molecule has 8 nitrogen and oxygen atoms in total. The van der Waals surface area contributed by atoms with Gasteiger partial charge in [-0.15, -0.1) is 5.53 Å². The number of aryl methyl sites for hydroxylation is 2. The number of hydrazine groups is 2. The third-order valence-corrected chi connectivity index (χ3v) is 7.13. The van der Waals surface area contributed by atoms with E-state index in [0.717, 1.165) is 35.4 Å². The number of amides is 1. The molecule has 1 saturated heterocycles. The Morgan fingerprint density at radius 1 is 1.13 bits per heavy atom. The fourth-order valence-electron chi connectivity index (χ4n) is 4.82. The van der Waals surface area contributed by atoms with E-state index in [0.29, 0.717) is 24.8 Å². The molecule has 3 heterocycles. The molecule has 0 radical (unpaired) electrons. The van der Waals surface area contributed by atoms with E-state index < -0.39 is 23.5 Å². The van der Waals surface area contributed by atoms with Gasteiger partial charge in [0.25, 0.3) is 5.91 Å². The highest BCUT2D eigenvalue weighted by molar-refractivity contribution is 6.05. The van der Waals surface area contributed by atoms with Gasteiger partial charge in [-0.1, -0.05) is 6.07 Å². The molecule has 3 N–H and O–H groups in total. The maximum atomic E-state index is 14.8. The van der Waals surface area contributed by atoms with E-state index in [1.807, 2.05) is 32.0 Å². The van der Waals surface area contributed by atoms with Crippen LogP contribution < -0.4 is 21.3 Å². The van der Waals surface area contributed by atoms with E-state index in [1.54, 1.807) is 34.1 Å². The average molecular weight is 544 g/mol. The van der Waals surface area contributed by atoms with Crippen molar-refractivity contribution in [3.63, 3.8) is 0 Å². The third-order valence-electron chi connectivity index (χ3n) is 7.13. The number of hydrogen-bond acceptors (Lipinski definition) is 6. The van der Waals surface area contributed by atoms with Gasteiger partial charge in [0, 0.05) is 47.9 Å². The fraction of sp³-hybridized carbons (Fsp3) is 0.333. The van der Waals surface area contributed by atoms with Gasteiger partial charge in [-0.25, -0.2) is 4.39 Å². The van der Waals surface area contributed by atoms with Crippen LogP contribution in [0.3, 0.4) is 0 Å². The molecule has 39 heavy (non-hydrogen) atoms. The van der Waals surface area contributed by atoms with Crippen molar-refractivity contribution in [2.45, 2.75) is 39.4 Å². The van der Waals surface area contributed by atoms with Crippen molar-refractivity contribution in [3.8, 4) is 0 Å². The van der Waals surface area contributed by atoms with Crippen LogP contribution in [0.1, 0.15) is 51.1 Å². The smallest absolute Gasteiger partial charge is 0.322 e. The first-order chi connectivity index (χ1) is 18.5. The average Bonchev–Trinajstić information content (AvgIpc) is 3.63. The molecule has 12 heteroatoms. The van der Waals surface area contributed by atoms with Crippen molar-refractivity contribution >= 4 is 23.0 Å². The Balaban J connectivity index is 1.40. The first-order valence-electron chi connectivity index (χ1n) is 12.6. The Morgan fingerprint density at radius 2 is 1.87 bits per heavy atom. The maximum absolute atomic E-state index is 14.8. The summed E-state index contributed by atoms with van der Waals surface area (Å²) in [7, 11) is 1.85. The summed E-state index contributed by atoms with van der Waals surface area (Å²) in [5, 5.41) is 8.50. The molecule has 206 valence electrons. The van der Waals surface area contributed by atoms with E-state index in [2.05, 4.69) is 21.4 Å². The van der Waals surface area contributed by atoms with Crippen LogP contribution in [-0.4, -0.2) is 33.7 Å². The summed E-state index contributed by atoms with van der Waals surface area (Å²) in [5.41, 5.74) is 8.93. The van der Waals surface area contributed by atoms with Gasteiger partial charge < -0.3 is 10.7 Å². The number of likely N-dealkylation sites (tertiary alicyclic amines) is 1. The fourth-order valence-corrected chi connectivity index (χ4v) is 4.82. The molecule has 0 saturated carbocycles. The summed E-state index contributed by atoms with van der Waals surface area (Å²) in [5.74, 6) is -1.91. The molecule has 2 aromatic carbocycles. The van der Waals surface area contributed by atoms with Crippen LogP contribution in [0.5, 0.6) is 0 Å². The number of nitrogens with zero attached hydrogens (tertiary/aromatic N) is 4. The van der Waals surface area contributed by atoms with Gasteiger partial charge in [-0.2, -0.15) is 18.3 Å². The molecule has 0 atom stereocenters. The van der Waals surface area contributed by atoms with Crippen LogP contribution in [0.2, 0.25) is 0 Å². The Morgan fingerprint density at radius 3 is 2.54 bits per heavy atom. The van der Waals surface area contributed by atoms with Gasteiger partial charge in [0.2, 0.25) is 0 Å². The van der Waals surface area contributed by atoms with Gasteiger partial charge in [-0.3, -0.25) is 19.4 Å². The standard InChI is InChI=1S/C27H29F4N7O/c1-16-6-7-18(11-24(16)38-15-23(34-35-38)21-13-32-36(3)17(21)2)26(39)33-20-10-19(14-37-8-4-5-9-37)25(28)22(12-20)27(29,30)31/h6-7,10-13,15,34-35H,4-5,8-9,14H2,1-3H3,(H,33,39). The zero-order valence-electron chi connectivity index (χ0n) is 21.8. The van der Waals surface area contributed by atoms with Gasteiger partial charge in [0.1, 0.15) is 5.82 Å². The van der Waals surface area contributed by atoms with E-state index in [4.69, 9.17) is 0 Å².